The average molecular weight is 395 g/mol. The van der Waals surface area contributed by atoms with Gasteiger partial charge in [-0.15, -0.1) is 0 Å². The minimum atomic E-state index is 0.757. The van der Waals surface area contributed by atoms with E-state index in [2.05, 4.69) is 64.1 Å². The van der Waals surface area contributed by atoms with Crippen LogP contribution in [0.5, 0.6) is 0 Å². The van der Waals surface area contributed by atoms with Crippen LogP contribution in [0.15, 0.2) is 53.0 Å². The fourth-order valence-electron chi connectivity index (χ4n) is 3.85. The van der Waals surface area contributed by atoms with Gasteiger partial charge in [-0.2, -0.15) is 0 Å². The van der Waals surface area contributed by atoms with E-state index in [1.807, 2.05) is 24.3 Å². The molecule has 3 nitrogen and oxygen atoms in total. The molecule has 4 heteroatoms. The zero-order chi connectivity index (χ0) is 17.6. The molecule has 0 unspecified atom stereocenters. The number of aldehydes is 1. The van der Waals surface area contributed by atoms with Crippen LogP contribution in [0.1, 0.15) is 21.5 Å². The first-order valence-corrected chi connectivity index (χ1v) is 9.08. The molecule has 0 spiro atoms. The van der Waals surface area contributed by atoms with Crippen LogP contribution >= 0.6 is 15.9 Å². The number of rotatable bonds is 1. The number of anilines is 2. The maximum Gasteiger partial charge on any atom is 0.150 e. The maximum absolute atomic E-state index is 11.6. The Morgan fingerprint density at radius 2 is 1.64 bits per heavy atom. The van der Waals surface area contributed by atoms with E-state index in [1.54, 1.807) is 0 Å². The van der Waals surface area contributed by atoms with Crippen molar-refractivity contribution in [3.8, 4) is 0 Å². The minimum absolute atomic E-state index is 0.757. The van der Waals surface area contributed by atoms with Gasteiger partial charge in [0.25, 0.3) is 0 Å². The van der Waals surface area contributed by atoms with Crippen molar-refractivity contribution >= 4 is 44.4 Å². The highest BCUT2D eigenvalue weighted by molar-refractivity contribution is 9.10. The second kappa shape index (κ2) is 6.19. The molecule has 0 radical (unpaired) electrons. The third kappa shape index (κ3) is 2.71. The largest absolute Gasteiger partial charge is 0.370 e. The van der Waals surface area contributed by atoms with Crippen molar-refractivity contribution in [1.82, 2.24) is 0 Å². The molecule has 0 amide bonds. The van der Waals surface area contributed by atoms with Crippen LogP contribution in [0, 0.1) is 0 Å². The molecule has 1 aliphatic rings. The number of carbonyl (C=O) groups is 1. The van der Waals surface area contributed by atoms with E-state index in [0.717, 1.165) is 40.2 Å². The Morgan fingerprint density at radius 3 is 2.40 bits per heavy atom. The van der Waals surface area contributed by atoms with Gasteiger partial charge in [0.15, 0.2) is 6.29 Å². The molecule has 1 aliphatic heterocycles. The van der Waals surface area contributed by atoms with E-state index in [1.165, 1.54) is 22.5 Å². The Hall–Kier alpha value is -2.33. The molecule has 0 N–H and O–H groups in total. The minimum Gasteiger partial charge on any atom is -0.370 e. The van der Waals surface area contributed by atoms with Crippen LogP contribution in [-0.2, 0) is 13.1 Å². The predicted molar refractivity (Wildman–Crippen MR) is 108 cm³/mol. The number of benzene rings is 3. The fraction of sp³-hybridized carbons (Fsp3) is 0.190. The van der Waals surface area contributed by atoms with Gasteiger partial charge in [-0.25, -0.2) is 0 Å². The third-order valence-corrected chi connectivity index (χ3v) is 5.40. The zero-order valence-electron chi connectivity index (χ0n) is 14.3. The highest BCUT2D eigenvalue weighted by Crippen LogP contribution is 2.38. The van der Waals surface area contributed by atoms with Gasteiger partial charge in [-0.05, 0) is 40.8 Å². The lowest BCUT2D eigenvalue weighted by atomic mass is 9.96. The third-order valence-electron chi connectivity index (χ3n) is 4.90. The summed E-state index contributed by atoms with van der Waals surface area (Å²) in [7, 11) is 4.24. The quantitative estimate of drug-likeness (QED) is 0.542. The molecule has 0 aliphatic carbocycles. The number of nitrogens with zero attached hydrogens (tertiary/aromatic N) is 2. The molecule has 25 heavy (non-hydrogen) atoms. The number of halogens is 1. The van der Waals surface area contributed by atoms with Gasteiger partial charge in [0.1, 0.15) is 0 Å². The summed E-state index contributed by atoms with van der Waals surface area (Å²) in [5.41, 5.74) is 5.65. The molecule has 4 rings (SSSR count). The van der Waals surface area contributed by atoms with Gasteiger partial charge in [-0.3, -0.25) is 4.79 Å². The Labute approximate surface area is 156 Å². The Kier molecular flexibility index (Phi) is 4.00. The van der Waals surface area contributed by atoms with Crippen molar-refractivity contribution in [2.45, 2.75) is 13.1 Å². The van der Waals surface area contributed by atoms with Crippen LogP contribution in [-0.4, -0.2) is 20.4 Å². The SMILES string of the molecule is CN1Cc2cc(C=O)c3ccccc3c2N(C)Cc2cc(Br)ccc21. The van der Waals surface area contributed by atoms with Crippen LogP contribution in [0.3, 0.4) is 0 Å². The summed E-state index contributed by atoms with van der Waals surface area (Å²) < 4.78 is 1.09. The summed E-state index contributed by atoms with van der Waals surface area (Å²) in [5.74, 6) is 0. The van der Waals surface area contributed by atoms with Gasteiger partial charge < -0.3 is 9.80 Å². The van der Waals surface area contributed by atoms with Gasteiger partial charge in [0, 0.05) is 54.0 Å². The van der Waals surface area contributed by atoms with E-state index in [0.29, 0.717) is 0 Å². The van der Waals surface area contributed by atoms with Crippen LogP contribution in [0.4, 0.5) is 11.4 Å². The Morgan fingerprint density at radius 1 is 0.920 bits per heavy atom. The number of fused-ring (bicyclic) bond motifs is 4. The topological polar surface area (TPSA) is 23.6 Å². The fourth-order valence-corrected chi connectivity index (χ4v) is 4.25. The van der Waals surface area contributed by atoms with Gasteiger partial charge in [0.2, 0.25) is 0 Å². The summed E-state index contributed by atoms with van der Waals surface area (Å²) in [5, 5.41) is 2.15. The van der Waals surface area contributed by atoms with Gasteiger partial charge in [-0.1, -0.05) is 40.2 Å². The molecule has 0 bridgehead atoms. The molecule has 0 saturated heterocycles. The highest BCUT2D eigenvalue weighted by Gasteiger charge is 2.21. The number of hydrogen-bond donors (Lipinski definition) is 0. The number of carbonyl (C=O) groups excluding carboxylic acids is 1. The molecule has 126 valence electrons. The van der Waals surface area contributed by atoms with Crippen LogP contribution < -0.4 is 9.80 Å². The second-order valence-electron chi connectivity index (χ2n) is 6.62. The summed E-state index contributed by atoms with van der Waals surface area (Å²) in [4.78, 5) is 16.2. The lowest BCUT2D eigenvalue weighted by molar-refractivity contribution is 0.112. The predicted octanol–water partition coefficient (Wildman–Crippen LogP) is 5.00. The first-order valence-electron chi connectivity index (χ1n) is 8.29. The number of hydrogen-bond acceptors (Lipinski definition) is 3. The standard InChI is InChI=1S/C21H19BrN2O/c1-23-12-15-9-16(13-25)18-5-3-4-6-19(18)21(15)24(2)11-14-10-17(22)7-8-20(14)23/h3-10,13H,11-12H2,1-2H3. The van der Waals surface area contributed by atoms with E-state index in [9.17, 15) is 4.79 Å². The van der Waals surface area contributed by atoms with E-state index in [-0.39, 0.29) is 0 Å². The summed E-state index contributed by atoms with van der Waals surface area (Å²) in [6, 6.07) is 16.6. The van der Waals surface area contributed by atoms with Crippen molar-refractivity contribution in [3.05, 3.63) is 69.7 Å². The van der Waals surface area contributed by atoms with E-state index in [4.69, 9.17) is 0 Å². The Bertz CT molecular complexity index is 983. The first kappa shape index (κ1) is 16.2. The summed E-state index contributed by atoms with van der Waals surface area (Å²) in [6.45, 7) is 1.58. The van der Waals surface area contributed by atoms with E-state index >= 15 is 0 Å². The Balaban J connectivity index is 1.97. The molecule has 1 heterocycles. The molecule has 3 aromatic carbocycles. The smallest absolute Gasteiger partial charge is 0.150 e. The van der Waals surface area contributed by atoms with Crippen LogP contribution in [0.25, 0.3) is 10.8 Å². The molecule has 0 atom stereocenters. The molecule has 0 fully saturated rings. The van der Waals surface area contributed by atoms with Crippen LogP contribution in [0.2, 0.25) is 0 Å². The van der Waals surface area contributed by atoms with Crippen molar-refractivity contribution in [3.63, 3.8) is 0 Å². The monoisotopic (exact) mass is 394 g/mol. The van der Waals surface area contributed by atoms with E-state index < -0.39 is 0 Å². The average Bonchev–Trinajstić information content (AvgIpc) is 2.59. The molecular formula is C21H19BrN2O. The van der Waals surface area contributed by atoms with Gasteiger partial charge >= 0.3 is 0 Å². The molecule has 3 aromatic rings. The second-order valence-corrected chi connectivity index (χ2v) is 7.54. The highest BCUT2D eigenvalue weighted by atomic mass is 79.9. The molecular weight excluding hydrogens is 376 g/mol. The normalized spacial score (nSPS) is 13.9. The lowest BCUT2D eigenvalue weighted by Gasteiger charge is -2.33. The zero-order valence-corrected chi connectivity index (χ0v) is 15.9. The van der Waals surface area contributed by atoms with Crippen molar-refractivity contribution < 1.29 is 4.79 Å². The summed E-state index contributed by atoms with van der Waals surface area (Å²) >= 11 is 3.59. The van der Waals surface area contributed by atoms with Gasteiger partial charge in [0.05, 0.1) is 0 Å². The maximum atomic E-state index is 11.6. The van der Waals surface area contributed by atoms with Crippen molar-refractivity contribution in [2.75, 3.05) is 23.9 Å². The lowest BCUT2D eigenvalue weighted by Crippen LogP contribution is -2.27. The molecule has 0 aromatic heterocycles. The van der Waals surface area contributed by atoms with Crippen molar-refractivity contribution in [1.29, 1.82) is 0 Å². The summed E-state index contributed by atoms with van der Waals surface area (Å²) in [6.07, 6.45) is 0.965. The van der Waals surface area contributed by atoms with Crippen molar-refractivity contribution in [2.24, 2.45) is 0 Å². The molecule has 0 saturated carbocycles. The first-order chi connectivity index (χ1) is 12.1.